The van der Waals surface area contributed by atoms with Crippen molar-refractivity contribution in [3.05, 3.63) is 11.3 Å². The molecule has 0 saturated carbocycles. The molecule has 15 heavy (non-hydrogen) atoms. The van der Waals surface area contributed by atoms with E-state index in [1.165, 1.54) is 5.56 Å². The van der Waals surface area contributed by atoms with Gasteiger partial charge in [0.1, 0.15) is 5.82 Å². The minimum Gasteiger partial charge on any atom is -0.320 e. The van der Waals surface area contributed by atoms with Crippen LogP contribution < -0.4 is 11.1 Å². The van der Waals surface area contributed by atoms with Gasteiger partial charge in [-0.05, 0) is 26.2 Å². The Morgan fingerprint density at radius 3 is 3.00 bits per heavy atom. The molecule has 1 aromatic rings. The number of rotatable bonds is 2. The van der Waals surface area contributed by atoms with Crippen LogP contribution in [0.3, 0.4) is 0 Å². The second-order valence-corrected chi connectivity index (χ2v) is 4.03. The Morgan fingerprint density at radius 1 is 1.60 bits per heavy atom. The summed E-state index contributed by atoms with van der Waals surface area (Å²) in [6, 6.07) is -0.489. The average molecular weight is 208 g/mol. The van der Waals surface area contributed by atoms with E-state index in [0.29, 0.717) is 0 Å². The Balaban J connectivity index is 2.25. The molecule has 0 bridgehead atoms. The first-order valence-corrected chi connectivity index (χ1v) is 5.21. The molecule has 0 radical (unpaired) electrons. The zero-order valence-corrected chi connectivity index (χ0v) is 9.08. The number of carbonyl (C=O) groups is 1. The van der Waals surface area contributed by atoms with Crippen LogP contribution in [0.5, 0.6) is 0 Å². The van der Waals surface area contributed by atoms with Crippen LogP contribution in [0.15, 0.2) is 0 Å². The summed E-state index contributed by atoms with van der Waals surface area (Å²) in [4.78, 5) is 11.5. The predicted octanol–water partition coefficient (Wildman–Crippen LogP) is 0.194. The molecule has 1 atom stereocenters. The molecule has 0 fully saturated rings. The first-order chi connectivity index (χ1) is 7.09. The molecule has 1 aliphatic carbocycles. The Hall–Kier alpha value is -1.36. The van der Waals surface area contributed by atoms with Crippen molar-refractivity contribution in [1.29, 1.82) is 0 Å². The Labute approximate surface area is 88.6 Å². The van der Waals surface area contributed by atoms with Crippen LogP contribution in [0.25, 0.3) is 0 Å². The lowest BCUT2D eigenvalue weighted by atomic mass is 10.2. The van der Waals surface area contributed by atoms with Crippen molar-refractivity contribution in [3.8, 4) is 0 Å². The van der Waals surface area contributed by atoms with Gasteiger partial charge in [-0.25, -0.2) is 0 Å². The summed E-state index contributed by atoms with van der Waals surface area (Å²) in [7, 11) is 1.84. The molecule has 1 aromatic heterocycles. The highest BCUT2D eigenvalue weighted by Crippen LogP contribution is 2.27. The molecule has 5 heteroatoms. The molecule has 2 rings (SSSR count). The lowest BCUT2D eigenvalue weighted by Gasteiger charge is -2.09. The van der Waals surface area contributed by atoms with E-state index in [2.05, 4.69) is 10.4 Å². The van der Waals surface area contributed by atoms with Gasteiger partial charge in [-0.2, -0.15) is 5.10 Å². The highest BCUT2D eigenvalue weighted by molar-refractivity contribution is 5.94. The van der Waals surface area contributed by atoms with Crippen LogP contribution in [0.2, 0.25) is 0 Å². The number of nitrogens with zero attached hydrogens (tertiary/aromatic N) is 2. The second-order valence-electron chi connectivity index (χ2n) is 4.03. The molecule has 0 aromatic carbocycles. The number of nitrogens with one attached hydrogen (secondary N) is 1. The summed E-state index contributed by atoms with van der Waals surface area (Å²) in [5.41, 5.74) is 7.79. The van der Waals surface area contributed by atoms with Crippen molar-refractivity contribution >= 4 is 11.7 Å². The molecular formula is C10H16N4O. The van der Waals surface area contributed by atoms with Gasteiger partial charge in [0.05, 0.1) is 11.7 Å². The molecule has 0 saturated heterocycles. The maximum atomic E-state index is 11.5. The van der Waals surface area contributed by atoms with Crippen LogP contribution in [0.1, 0.15) is 24.6 Å². The SMILES string of the molecule is C[C@H](N)C(=O)Nc1c2c(nn1C)CCC2. The van der Waals surface area contributed by atoms with Crippen LogP contribution >= 0.6 is 0 Å². The molecule has 3 N–H and O–H groups in total. The first-order valence-electron chi connectivity index (χ1n) is 5.21. The molecule has 1 amide bonds. The van der Waals surface area contributed by atoms with Crippen LogP contribution in [0, 0.1) is 0 Å². The number of aromatic nitrogens is 2. The maximum Gasteiger partial charge on any atom is 0.242 e. The predicted molar refractivity (Wildman–Crippen MR) is 57.5 cm³/mol. The Bertz CT molecular complexity index is 394. The average Bonchev–Trinajstić information content (AvgIpc) is 2.69. The van der Waals surface area contributed by atoms with Crippen LogP contribution in [-0.2, 0) is 24.7 Å². The van der Waals surface area contributed by atoms with Gasteiger partial charge in [-0.15, -0.1) is 0 Å². The van der Waals surface area contributed by atoms with Crippen LogP contribution in [0.4, 0.5) is 5.82 Å². The number of fused-ring (bicyclic) bond motifs is 1. The summed E-state index contributed by atoms with van der Waals surface area (Å²) >= 11 is 0. The number of amides is 1. The summed E-state index contributed by atoms with van der Waals surface area (Å²) in [5.74, 6) is 0.650. The van der Waals surface area contributed by atoms with E-state index in [1.807, 2.05) is 7.05 Å². The van der Waals surface area contributed by atoms with E-state index in [4.69, 9.17) is 5.73 Å². The highest BCUT2D eigenvalue weighted by Gasteiger charge is 2.22. The van der Waals surface area contributed by atoms with Crippen molar-refractivity contribution in [3.63, 3.8) is 0 Å². The lowest BCUT2D eigenvalue weighted by molar-refractivity contribution is -0.117. The Kier molecular flexibility index (Phi) is 2.48. The van der Waals surface area contributed by atoms with Gasteiger partial charge in [0, 0.05) is 12.6 Å². The Morgan fingerprint density at radius 2 is 2.33 bits per heavy atom. The van der Waals surface area contributed by atoms with Gasteiger partial charge in [0.15, 0.2) is 0 Å². The highest BCUT2D eigenvalue weighted by atomic mass is 16.2. The summed E-state index contributed by atoms with van der Waals surface area (Å²) in [6.45, 7) is 1.67. The zero-order chi connectivity index (χ0) is 11.0. The van der Waals surface area contributed by atoms with Gasteiger partial charge < -0.3 is 11.1 Å². The number of aryl methyl sites for hydroxylation is 2. The summed E-state index contributed by atoms with van der Waals surface area (Å²) in [6.07, 6.45) is 3.13. The van der Waals surface area contributed by atoms with Gasteiger partial charge in [-0.1, -0.05) is 0 Å². The quantitative estimate of drug-likeness (QED) is 0.729. The van der Waals surface area contributed by atoms with Gasteiger partial charge >= 0.3 is 0 Å². The van der Waals surface area contributed by atoms with Gasteiger partial charge in [0.2, 0.25) is 5.91 Å². The summed E-state index contributed by atoms with van der Waals surface area (Å²) < 4.78 is 1.73. The first kappa shape index (κ1) is 10.2. The maximum absolute atomic E-state index is 11.5. The molecule has 1 aliphatic rings. The van der Waals surface area contributed by atoms with Gasteiger partial charge in [-0.3, -0.25) is 9.48 Å². The molecule has 82 valence electrons. The minimum atomic E-state index is -0.489. The molecular weight excluding hydrogens is 192 g/mol. The van der Waals surface area contributed by atoms with E-state index in [9.17, 15) is 4.79 Å². The lowest BCUT2D eigenvalue weighted by Crippen LogP contribution is -2.33. The van der Waals surface area contributed by atoms with E-state index in [-0.39, 0.29) is 5.91 Å². The van der Waals surface area contributed by atoms with Crippen molar-refractivity contribution < 1.29 is 4.79 Å². The zero-order valence-electron chi connectivity index (χ0n) is 9.08. The third-order valence-corrected chi connectivity index (χ3v) is 2.72. The van der Waals surface area contributed by atoms with Crippen molar-refractivity contribution in [2.75, 3.05) is 5.32 Å². The number of hydrogen-bond acceptors (Lipinski definition) is 3. The minimum absolute atomic E-state index is 0.160. The van der Waals surface area contributed by atoms with Crippen molar-refractivity contribution in [1.82, 2.24) is 9.78 Å². The third kappa shape index (κ3) is 1.74. The molecule has 5 nitrogen and oxygen atoms in total. The van der Waals surface area contributed by atoms with E-state index >= 15 is 0 Å². The third-order valence-electron chi connectivity index (χ3n) is 2.72. The fraction of sp³-hybridized carbons (Fsp3) is 0.600. The summed E-state index contributed by atoms with van der Waals surface area (Å²) in [5, 5.41) is 7.19. The monoisotopic (exact) mass is 208 g/mol. The molecule has 0 spiro atoms. The molecule has 0 unspecified atom stereocenters. The van der Waals surface area contributed by atoms with Crippen molar-refractivity contribution in [2.45, 2.75) is 32.2 Å². The number of hydrogen-bond donors (Lipinski definition) is 2. The smallest absolute Gasteiger partial charge is 0.242 e. The van der Waals surface area contributed by atoms with E-state index < -0.39 is 6.04 Å². The second kappa shape index (κ2) is 3.66. The van der Waals surface area contributed by atoms with E-state index in [0.717, 1.165) is 30.8 Å². The molecule has 0 aliphatic heterocycles. The fourth-order valence-corrected chi connectivity index (χ4v) is 1.91. The van der Waals surface area contributed by atoms with Gasteiger partial charge in [0.25, 0.3) is 0 Å². The normalized spacial score (nSPS) is 16.2. The largest absolute Gasteiger partial charge is 0.320 e. The van der Waals surface area contributed by atoms with Crippen LogP contribution in [-0.4, -0.2) is 21.7 Å². The number of nitrogens with two attached hydrogens (primary N) is 1. The fourth-order valence-electron chi connectivity index (χ4n) is 1.91. The van der Waals surface area contributed by atoms with Crippen molar-refractivity contribution in [2.24, 2.45) is 12.8 Å². The number of anilines is 1. The van der Waals surface area contributed by atoms with E-state index in [1.54, 1.807) is 11.6 Å². The molecule has 1 heterocycles. The topological polar surface area (TPSA) is 72.9 Å². The standard InChI is InChI=1S/C10H16N4O/c1-6(11)10(15)12-9-7-4-3-5-8(7)13-14(9)2/h6H,3-5,11H2,1-2H3,(H,12,15)/t6-/m0/s1. The number of carbonyl (C=O) groups excluding carboxylic acids is 1.